The normalized spacial score (nSPS) is 12.1. The van der Waals surface area contributed by atoms with Crippen LogP contribution < -0.4 is 10.0 Å². The molecule has 2 aromatic carbocycles. The van der Waals surface area contributed by atoms with Gasteiger partial charge in [-0.15, -0.1) is 0 Å². The Kier molecular flexibility index (Phi) is 7.25. The number of sulfonamides is 1. The number of rotatable bonds is 8. The Morgan fingerprint density at radius 3 is 2.36 bits per heavy atom. The summed E-state index contributed by atoms with van der Waals surface area (Å²) in [7, 11) is 0.172. The predicted molar refractivity (Wildman–Crippen MR) is 116 cm³/mol. The van der Waals surface area contributed by atoms with Gasteiger partial charge in [0.2, 0.25) is 0 Å². The number of nitrogens with one attached hydrogen (secondary N) is 2. The summed E-state index contributed by atoms with van der Waals surface area (Å²) in [6.07, 6.45) is 0. The Morgan fingerprint density at radius 2 is 1.75 bits per heavy atom. The molecule has 28 heavy (non-hydrogen) atoms. The highest BCUT2D eigenvalue weighted by Crippen LogP contribution is 2.20. The molecule has 2 N–H and O–H groups in total. The summed E-state index contributed by atoms with van der Waals surface area (Å²) in [5.74, 6) is -0.299. The van der Waals surface area contributed by atoms with Crippen molar-refractivity contribution in [2.45, 2.75) is 18.7 Å². The minimum atomic E-state index is -3.79. The first-order valence-corrected chi connectivity index (χ1v) is 11.1. The Bertz CT molecular complexity index is 926. The van der Waals surface area contributed by atoms with Crippen LogP contribution in [0.25, 0.3) is 0 Å². The van der Waals surface area contributed by atoms with Crippen molar-refractivity contribution in [3.8, 4) is 0 Å². The van der Waals surface area contributed by atoms with Crippen molar-refractivity contribution in [1.29, 1.82) is 0 Å². The molecule has 0 aliphatic heterocycles. The van der Waals surface area contributed by atoms with Crippen LogP contribution in [-0.2, 0) is 10.0 Å². The molecule has 152 valence electrons. The van der Waals surface area contributed by atoms with Gasteiger partial charge in [0.05, 0.1) is 4.90 Å². The average Bonchev–Trinajstić information content (AvgIpc) is 2.60. The molecule has 0 aromatic heterocycles. The molecule has 0 spiro atoms. The third-order valence-corrected chi connectivity index (χ3v) is 5.88. The molecule has 0 heterocycles. The van der Waals surface area contributed by atoms with Gasteiger partial charge >= 0.3 is 0 Å². The van der Waals surface area contributed by atoms with Crippen molar-refractivity contribution in [3.63, 3.8) is 0 Å². The number of benzene rings is 2. The summed E-state index contributed by atoms with van der Waals surface area (Å²) in [6.45, 7) is 5.43. The van der Waals surface area contributed by atoms with Crippen LogP contribution in [0.1, 0.15) is 24.2 Å². The smallest absolute Gasteiger partial charge is 0.261 e. The van der Waals surface area contributed by atoms with Crippen molar-refractivity contribution >= 4 is 37.5 Å². The topological polar surface area (TPSA) is 78.5 Å². The van der Waals surface area contributed by atoms with Crippen LogP contribution in [0.2, 0.25) is 0 Å². The Balaban J connectivity index is 2.12. The standard InChI is InChI=1S/C20H26BrN3O3S/c1-20(2,14-24(3)4)13-22-19(25)15-6-5-7-18(12-15)28(26,27)23-17-10-8-16(21)9-11-17/h5-12,23H,13-14H2,1-4H3,(H,22,25). The fourth-order valence-corrected chi connectivity index (χ4v) is 4.24. The molecular weight excluding hydrogens is 442 g/mol. The van der Waals surface area contributed by atoms with E-state index in [2.05, 4.69) is 44.7 Å². The van der Waals surface area contributed by atoms with E-state index < -0.39 is 10.0 Å². The molecule has 1 amide bonds. The maximum atomic E-state index is 12.6. The highest BCUT2D eigenvalue weighted by atomic mass is 79.9. The van der Waals surface area contributed by atoms with Gasteiger partial charge in [-0.3, -0.25) is 9.52 Å². The van der Waals surface area contributed by atoms with Crippen LogP contribution >= 0.6 is 15.9 Å². The summed E-state index contributed by atoms with van der Waals surface area (Å²) in [4.78, 5) is 14.6. The van der Waals surface area contributed by atoms with Gasteiger partial charge in [0.25, 0.3) is 15.9 Å². The van der Waals surface area contributed by atoms with E-state index in [1.54, 1.807) is 36.4 Å². The van der Waals surface area contributed by atoms with Crippen molar-refractivity contribution in [3.05, 3.63) is 58.6 Å². The number of hydrogen-bond acceptors (Lipinski definition) is 4. The summed E-state index contributed by atoms with van der Waals surface area (Å²) in [5, 5.41) is 2.89. The van der Waals surface area contributed by atoms with Crippen molar-refractivity contribution < 1.29 is 13.2 Å². The summed E-state index contributed by atoms with van der Waals surface area (Å²) in [5.41, 5.74) is 0.647. The Labute approximate surface area is 175 Å². The third kappa shape index (κ3) is 6.61. The minimum absolute atomic E-state index is 0.0376. The summed E-state index contributed by atoms with van der Waals surface area (Å²) in [6, 6.07) is 12.8. The number of anilines is 1. The number of carbonyl (C=O) groups excluding carboxylic acids is 1. The second-order valence-electron chi connectivity index (χ2n) is 7.72. The van der Waals surface area contributed by atoms with Gasteiger partial charge < -0.3 is 10.2 Å². The van der Waals surface area contributed by atoms with Crippen LogP contribution in [0.15, 0.2) is 57.9 Å². The number of hydrogen-bond donors (Lipinski definition) is 2. The lowest BCUT2D eigenvalue weighted by Gasteiger charge is -2.28. The summed E-state index contributed by atoms with van der Waals surface area (Å²) >= 11 is 3.31. The van der Waals surface area contributed by atoms with Gasteiger partial charge in [-0.2, -0.15) is 0 Å². The second kappa shape index (κ2) is 9.07. The predicted octanol–water partition coefficient (Wildman–Crippen LogP) is 3.57. The summed E-state index contributed by atoms with van der Waals surface area (Å²) < 4.78 is 28.7. The average molecular weight is 468 g/mol. The highest BCUT2D eigenvalue weighted by molar-refractivity contribution is 9.10. The van der Waals surface area contributed by atoms with E-state index in [1.165, 1.54) is 12.1 Å². The quantitative estimate of drug-likeness (QED) is 0.621. The lowest BCUT2D eigenvalue weighted by molar-refractivity contribution is 0.0929. The van der Waals surface area contributed by atoms with E-state index in [1.807, 2.05) is 14.1 Å². The van der Waals surface area contributed by atoms with E-state index >= 15 is 0 Å². The first-order valence-electron chi connectivity index (χ1n) is 8.80. The molecular formula is C20H26BrN3O3S. The Morgan fingerprint density at radius 1 is 1.11 bits per heavy atom. The number of carbonyl (C=O) groups is 1. The molecule has 6 nitrogen and oxygen atoms in total. The Hall–Kier alpha value is -1.90. The van der Waals surface area contributed by atoms with Gasteiger partial charge in [-0.05, 0) is 62.0 Å². The van der Waals surface area contributed by atoms with Gasteiger partial charge in [0.15, 0.2) is 0 Å². The molecule has 2 rings (SSSR count). The maximum Gasteiger partial charge on any atom is 0.261 e. The first-order chi connectivity index (χ1) is 13.0. The molecule has 0 fully saturated rings. The number of halogens is 1. The van der Waals surface area contributed by atoms with Crippen LogP contribution in [0.4, 0.5) is 5.69 Å². The van der Waals surface area contributed by atoms with E-state index in [4.69, 9.17) is 0 Å². The molecule has 0 atom stereocenters. The van der Waals surface area contributed by atoms with Gasteiger partial charge in [-0.25, -0.2) is 8.42 Å². The maximum absolute atomic E-state index is 12.6. The molecule has 0 bridgehead atoms. The molecule has 2 aromatic rings. The fraction of sp³-hybridized carbons (Fsp3) is 0.350. The van der Waals surface area contributed by atoms with Crippen LogP contribution in [0.3, 0.4) is 0 Å². The molecule has 0 aliphatic carbocycles. The van der Waals surface area contributed by atoms with E-state index in [0.29, 0.717) is 17.8 Å². The number of amides is 1. The third-order valence-electron chi connectivity index (χ3n) is 3.97. The van der Waals surface area contributed by atoms with Crippen molar-refractivity contribution in [1.82, 2.24) is 10.2 Å². The van der Waals surface area contributed by atoms with Gasteiger partial charge in [0, 0.05) is 28.8 Å². The zero-order chi connectivity index (χ0) is 20.9. The highest BCUT2D eigenvalue weighted by Gasteiger charge is 2.21. The van der Waals surface area contributed by atoms with Gasteiger partial charge in [0.1, 0.15) is 0 Å². The lowest BCUT2D eigenvalue weighted by Crippen LogP contribution is -2.40. The first kappa shape index (κ1) is 22.4. The van der Waals surface area contributed by atoms with Crippen LogP contribution in [-0.4, -0.2) is 46.4 Å². The molecule has 0 aliphatic rings. The molecule has 0 saturated carbocycles. The van der Waals surface area contributed by atoms with Crippen molar-refractivity contribution in [2.75, 3.05) is 31.9 Å². The molecule has 0 radical (unpaired) electrons. The monoisotopic (exact) mass is 467 g/mol. The van der Waals surface area contributed by atoms with Crippen LogP contribution in [0.5, 0.6) is 0 Å². The fourth-order valence-electron chi connectivity index (χ4n) is 2.87. The number of nitrogens with zero attached hydrogens (tertiary/aromatic N) is 1. The minimum Gasteiger partial charge on any atom is -0.351 e. The van der Waals surface area contributed by atoms with E-state index in [-0.39, 0.29) is 16.2 Å². The van der Waals surface area contributed by atoms with Crippen molar-refractivity contribution in [2.24, 2.45) is 5.41 Å². The molecule has 0 saturated heterocycles. The second-order valence-corrected chi connectivity index (χ2v) is 10.3. The molecule has 0 unspecified atom stereocenters. The SMILES string of the molecule is CN(C)CC(C)(C)CNC(=O)c1cccc(S(=O)(=O)Nc2ccc(Br)cc2)c1. The zero-order valence-electron chi connectivity index (χ0n) is 16.5. The molecule has 8 heteroatoms. The van der Waals surface area contributed by atoms with Gasteiger partial charge in [-0.1, -0.05) is 35.8 Å². The van der Waals surface area contributed by atoms with Crippen LogP contribution in [0, 0.1) is 5.41 Å². The van der Waals surface area contributed by atoms with E-state index in [0.717, 1.165) is 11.0 Å². The lowest BCUT2D eigenvalue weighted by atomic mass is 9.93. The largest absolute Gasteiger partial charge is 0.351 e. The van der Waals surface area contributed by atoms with E-state index in [9.17, 15) is 13.2 Å². The zero-order valence-corrected chi connectivity index (χ0v) is 18.9.